The number of carbonyl (C=O) groups is 1. The van der Waals surface area contributed by atoms with Crippen molar-refractivity contribution in [3.63, 3.8) is 0 Å². The van der Waals surface area contributed by atoms with Gasteiger partial charge in [-0.15, -0.1) is 11.6 Å². The van der Waals surface area contributed by atoms with Gasteiger partial charge in [-0.1, -0.05) is 20.8 Å². The van der Waals surface area contributed by atoms with Gasteiger partial charge in [0.15, 0.2) is 0 Å². The van der Waals surface area contributed by atoms with Crippen molar-refractivity contribution in [1.82, 2.24) is 15.1 Å². The highest BCUT2D eigenvalue weighted by molar-refractivity contribution is 6.21. The molecule has 0 aliphatic heterocycles. The molecule has 0 bridgehead atoms. The van der Waals surface area contributed by atoms with Crippen LogP contribution in [0.15, 0.2) is 0 Å². The average Bonchev–Trinajstić information content (AvgIpc) is 2.47. The molecular weight excluding hydrogens is 262 g/mol. The lowest BCUT2D eigenvalue weighted by Crippen LogP contribution is -2.32. The lowest BCUT2D eigenvalue weighted by atomic mass is 9.90. The van der Waals surface area contributed by atoms with Crippen LogP contribution in [-0.2, 0) is 7.05 Å². The number of hydrogen-bond acceptors (Lipinski definition) is 2. The minimum absolute atomic E-state index is 0.0544. The Kier molecular flexibility index (Phi) is 5.02. The average molecular weight is 286 g/mol. The van der Waals surface area contributed by atoms with Gasteiger partial charge in [-0.3, -0.25) is 9.48 Å². The molecule has 1 amide bonds. The molecule has 1 aromatic heterocycles. The minimum Gasteiger partial charge on any atom is -0.350 e. The van der Waals surface area contributed by atoms with Crippen LogP contribution < -0.4 is 5.32 Å². The molecule has 1 atom stereocenters. The zero-order chi connectivity index (χ0) is 14.8. The van der Waals surface area contributed by atoms with Gasteiger partial charge in [-0.25, -0.2) is 0 Å². The van der Waals surface area contributed by atoms with Crippen molar-refractivity contribution in [1.29, 1.82) is 0 Å². The molecule has 0 saturated carbocycles. The van der Waals surface area contributed by atoms with E-state index >= 15 is 0 Å². The molecule has 19 heavy (non-hydrogen) atoms. The molecule has 0 fully saturated rings. The predicted octanol–water partition coefficient (Wildman–Crippen LogP) is 2.81. The van der Waals surface area contributed by atoms with Gasteiger partial charge in [-0.05, 0) is 25.7 Å². The van der Waals surface area contributed by atoms with Crippen molar-refractivity contribution in [2.75, 3.05) is 6.54 Å². The number of nitrogens with zero attached hydrogens (tertiary/aromatic N) is 2. The molecule has 1 N–H and O–H groups in total. The van der Waals surface area contributed by atoms with E-state index in [2.05, 4.69) is 31.2 Å². The molecule has 1 aromatic rings. The Balaban J connectivity index is 2.61. The summed E-state index contributed by atoms with van der Waals surface area (Å²) in [5.74, 6) is -0.0948. The maximum Gasteiger partial charge on any atom is 0.255 e. The molecule has 0 aromatic carbocycles. The lowest BCUT2D eigenvalue weighted by molar-refractivity contribution is 0.0950. The van der Waals surface area contributed by atoms with Crippen LogP contribution in [0.1, 0.15) is 48.9 Å². The number of aromatic nitrogens is 2. The van der Waals surface area contributed by atoms with Gasteiger partial charge in [-0.2, -0.15) is 5.10 Å². The summed E-state index contributed by atoms with van der Waals surface area (Å²) in [5.41, 5.74) is 2.44. The van der Waals surface area contributed by atoms with Gasteiger partial charge in [0.05, 0.1) is 16.6 Å². The second-order valence-corrected chi connectivity index (χ2v) is 6.86. The third-order valence-corrected chi connectivity index (χ3v) is 3.36. The van der Waals surface area contributed by atoms with E-state index < -0.39 is 0 Å². The second kappa shape index (κ2) is 5.95. The Bertz CT molecular complexity index is 460. The number of halogens is 1. The van der Waals surface area contributed by atoms with Crippen molar-refractivity contribution in [2.45, 2.75) is 46.4 Å². The van der Waals surface area contributed by atoms with Crippen LogP contribution in [0.5, 0.6) is 0 Å². The van der Waals surface area contributed by atoms with Gasteiger partial charge >= 0.3 is 0 Å². The first kappa shape index (κ1) is 16.0. The van der Waals surface area contributed by atoms with E-state index in [1.807, 2.05) is 20.9 Å². The van der Waals surface area contributed by atoms with Crippen LogP contribution in [0.3, 0.4) is 0 Å². The summed E-state index contributed by atoms with van der Waals surface area (Å²) in [6, 6.07) is 0. The third kappa shape index (κ3) is 4.53. The number of hydrogen-bond donors (Lipinski definition) is 1. The van der Waals surface area contributed by atoms with Crippen LogP contribution in [0.4, 0.5) is 0 Å². The first-order valence-corrected chi connectivity index (χ1v) is 6.98. The summed E-state index contributed by atoms with van der Waals surface area (Å²) < 4.78 is 1.72. The van der Waals surface area contributed by atoms with Crippen LogP contribution in [0.2, 0.25) is 0 Å². The Labute approximate surface area is 120 Å². The summed E-state index contributed by atoms with van der Waals surface area (Å²) in [6.45, 7) is 10.6. The monoisotopic (exact) mass is 285 g/mol. The summed E-state index contributed by atoms with van der Waals surface area (Å²) in [5, 5.41) is 7.08. The molecule has 1 heterocycles. The number of nitrogens with one attached hydrogen (secondary N) is 1. The maximum atomic E-state index is 12.1. The summed E-state index contributed by atoms with van der Waals surface area (Å²) in [7, 11) is 1.84. The van der Waals surface area contributed by atoms with Crippen molar-refractivity contribution in [2.24, 2.45) is 12.5 Å². The first-order valence-electron chi connectivity index (χ1n) is 6.54. The molecule has 1 rings (SSSR count). The molecule has 5 heteroatoms. The number of alkyl halides is 1. The Morgan fingerprint density at radius 1 is 1.42 bits per heavy atom. The Morgan fingerprint density at radius 3 is 2.42 bits per heavy atom. The van der Waals surface area contributed by atoms with Gasteiger partial charge < -0.3 is 5.32 Å². The fourth-order valence-electron chi connectivity index (χ4n) is 2.13. The second-order valence-electron chi connectivity index (χ2n) is 6.24. The van der Waals surface area contributed by atoms with Gasteiger partial charge in [0.1, 0.15) is 0 Å². The zero-order valence-electron chi connectivity index (χ0n) is 12.7. The Morgan fingerprint density at radius 2 is 2.00 bits per heavy atom. The zero-order valence-corrected chi connectivity index (χ0v) is 13.4. The fourth-order valence-corrected chi connectivity index (χ4v) is 2.67. The maximum absolute atomic E-state index is 12.1. The number of carbonyl (C=O) groups excluding carboxylic acids is 1. The third-order valence-electron chi connectivity index (χ3n) is 3.05. The quantitative estimate of drug-likeness (QED) is 0.865. The topological polar surface area (TPSA) is 46.9 Å². The summed E-state index contributed by atoms with van der Waals surface area (Å²) in [4.78, 5) is 12.1. The van der Waals surface area contributed by atoms with E-state index in [1.165, 1.54) is 0 Å². The number of rotatable bonds is 4. The summed E-state index contributed by atoms with van der Waals surface area (Å²) in [6.07, 6.45) is 0.861. The standard InChI is InChI=1S/C14H24ClN3O/c1-9-12(10(2)18(6)17-9)13(19)16-8-11(15)7-14(3,4)5/h11H,7-8H2,1-6H3,(H,16,19). The first-order chi connectivity index (χ1) is 8.61. The molecule has 0 saturated heterocycles. The highest BCUT2D eigenvalue weighted by atomic mass is 35.5. The molecule has 0 aliphatic carbocycles. The SMILES string of the molecule is Cc1nn(C)c(C)c1C(=O)NCC(Cl)CC(C)(C)C. The largest absolute Gasteiger partial charge is 0.350 e. The number of amides is 1. The van der Waals surface area contributed by atoms with E-state index in [1.54, 1.807) is 4.68 Å². The normalized spacial score (nSPS) is 13.4. The van der Waals surface area contributed by atoms with Gasteiger partial charge in [0.2, 0.25) is 0 Å². The molecule has 0 spiro atoms. The Hall–Kier alpha value is -1.03. The van der Waals surface area contributed by atoms with Crippen molar-refractivity contribution < 1.29 is 4.79 Å². The molecule has 0 aliphatic rings. The van der Waals surface area contributed by atoms with Crippen LogP contribution in [0, 0.1) is 19.3 Å². The lowest BCUT2D eigenvalue weighted by Gasteiger charge is -2.22. The predicted molar refractivity (Wildman–Crippen MR) is 78.7 cm³/mol. The van der Waals surface area contributed by atoms with E-state index in [-0.39, 0.29) is 16.7 Å². The molecule has 4 nitrogen and oxygen atoms in total. The highest BCUT2D eigenvalue weighted by Crippen LogP contribution is 2.23. The van der Waals surface area contributed by atoms with E-state index in [0.29, 0.717) is 12.1 Å². The summed E-state index contributed by atoms with van der Waals surface area (Å²) >= 11 is 6.25. The van der Waals surface area contributed by atoms with Crippen LogP contribution >= 0.6 is 11.6 Å². The van der Waals surface area contributed by atoms with E-state index in [9.17, 15) is 4.79 Å². The molecular formula is C14H24ClN3O. The molecule has 108 valence electrons. The fraction of sp³-hybridized carbons (Fsp3) is 0.714. The van der Waals surface area contributed by atoms with Crippen LogP contribution in [0.25, 0.3) is 0 Å². The smallest absolute Gasteiger partial charge is 0.255 e. The molecule has 0 radical (unpaired) electrons. The van der Waals surface area contributed by atoms with Crippen molar-refractivity contribution in [3.8, 4) is 0 Å². The van der Waals surface area contributed by atoms with Gasteiger partial charge in [0, 0.05) is 19.3 Å². The van der Waals surface area contributed by atoms with Crippen LogP contribution in [-0.4, -0.2) is 27.6 Å². The highest BCUT2D eigenvalue weighted by Gasteiger charge is 2.20. The number of aryl methyl sites for hydroxylation is 2. The minimum atomic E-state index is -0.0948. The van der Waals surface area contributed by atoms with Gasteiger partial charge in [0.25, 0.3) is 5.91 Å². The van der Waals surface area contributed by atoms with E-state index in [4.69, 9.17) is 11.6 Å². The van der Waals surface area contributed by atoms with Crippen molar-refractivity contribution >= 4 is 17.5 Å². The van der Waals surface area contributed by atoms with Crippen molar-refractivity contribution in [3.05, 3.63) is 17.0 Å². The molecule has 1 unspecified atom stereocenters. The van der Waals surface area contributed by atoms with E-state index in [0.717, 1.165) is 17.8 Å².